The molecule has 0 unspecified atom stereocenters. The number of rotatable bonds is 6. The molecule has 1 aromatic heterocycles. The summed E-state index contributed by atoms with van der Waals surface area (Å²) in [6, 6.07) is 7.18. The lowest BCUT2D eigenvalue weighted by molar-refractivity contribution is 0.0944. The Kier molecular flexibility index (Phi) is 5.40. The number of aromatic nitrogens is 2. The standard InChI is InChI=1S/C18H23N5O3/c1-12-21-15(11-16(22-12)23(2)3)19-7-8-20-18(24)13-5-4-6-14-17(13)26-10-9-25-14/h4-6,11H,7-10H2,1-3H3,(H,20,24)(H,19,21,22). The Morgan fingerprint density at radius 2 is 2.00 bits per heavy atom. The highest BCUT2D eigenvalue weighted by atomic mass is 16.6. The summed E-state index contributed by atoms with van der Waals surface area (Å²) in [7, 11) is 3.86. The zero-order valence-corrected chi connectivity index (χ0v) is 15.2. The molecule has 8 heteroatoms. The molecule has 0 fully saturated rings. The van der Waals surface area contributed by atoms with Crippen LogP contribution in [0.4, 0.5) is 11.6 Å². The van der Waals surface area contributed by atoms with Gasteiger partial charge in [-0.15, -0.1) is 0 Å². The van der Waals surface area contributed by atoms with Crippen molar-refractivity contribution in [3.05, 3.63) is 35.7 Å². The highest BCUT2D eigenvalue weighted by molar-refractivity contribution is 5.97. The van der Waals surface area contributed by atoms with Crippen molar-refractivity contribution < 1.29 is 14.3 Å². The molecule has 0 saturated heterocycles. The molecule has 138 valence electrons. The summed E-state index contributed by atoms with van der Waals surface area (Å²) in [5.41, 5.74) is 0.481. The van der Waals surface area contributed by atoms with Crippen LogP contribution >= 0.6 is 0 Å². The van der Waals surface area contributed by atoms with E-state index in [1.165, 1.54) is 0 Å². The van der Waals surface area contributed by atoms with Crippen LogP contribution in [0.3, 0.4) is 0 Å². The highest BCUT2D eigenvalue weighted by Gasteiger charge is 2.19. The third-order valence-corrected chi connectivity index (χ3v) is 3.81. The minimum Gasteiger partial charge on any atom is -0.486 e. The van der Waals surface area contributed by atoms with Gasteiger partial charge >= 0.3 is 0 Å². The molecule has 0 radical (unpaired) electrons. The van der Waals surface area contributed by atoms with Gasteiger partial charge in [-0.2, -0.15) is 0 Å². The number of anilines is 2. The summed E-state index contributed by atoms with van der Waals surface area (Å²) in [4.78, 5) is 23.0. The van der Waals surface area contributed by atoms with Gasteiger partial charge in [-0.1, -0.05) is 6.07 Å². The smallest absolute Gasteiger partial charge is 0.255 e. The van der Waals surface area contributed by atoms with Gasteiger partial charge in [0.05, 0.1) is 5.56 Å². The van der Waals surface area contributed by atoms with Crippen molar-refractivity contribution in [2.24, 2.45) is 0 Å². The molecule has 1 aromatic carbocycles. The Balaban J connectivity index is 1.55. The fraction of sp³-hybridized carbons (Fsp3) is 0.389. The third-order valence-electron chi connectivity index (χ3n) is 3.81. The number of carbonyl (C=O) groups excluding carboxylic acids is 1. The SMILES string of the molecule is Cc1nc(NCCNC(=O)c2cccc3c2OCCO3)cc(N(C)C)n1. The first-order valence-electron chi connectivity index (χ1n) is 8.48. The van der Waals surface area contributed by atoms with Crippen LogP contribution in [0, 0.1) is 6.92 Å². The molecule has 26 heavy (non-hydrogen) atoms. The van der Waals surface area contributed by atoms with Gasteiger partial charge in [0.1, 0.15) is 30.7 Å². The minimum absolute atomic E-state index is 0.193. The maximum absolute atomic E-state index is 12.4. The molecule has 3 rings (SSSR count). The average molecular weight is 357 g/mol. The van der Waals surface area contributed by atoms with Crippen molar-refractivity contribution in [2.75, 3.05) is 50.6 Å². The molecule has 8 nitrogen and oxygen atoms in total. The highest BCUT2D eigenvalue weighted by Crippen LogP contribution is 2.33. The number of carbonyl (C=O) groups is 1. The monoisotopic (exact) mass is 357 g/mol. The van der Waals surface area contributed by atoms with E-state index in [4.69, 9.17) is 9.47 Å². The Morgan fingerprint density at radius 3 is 2.81 bits per heavy atom. The molecule has 0 aliphatic carbocycles. The minimum atomic E-state index is -0.193. The second-order valence-electron chi connectivity index (χ2n) is 6.07. The van der Waals surface area contributed by atoms with Gasteiger partial charge in [-0.25, -0.2) is 9.97 Å². The second-order valence-corrected chi connectivity index (χ2v) is 6.07. The molecule has 0 atom stereocenters. The topological polar surface area (TPSA) is 88.6 Å². The van der Waals surface area contributed by atoms with Crippen molar-refractivity contribution >= 4 is 17.5 Å². The van der Waals surface area contributed by atoms with Crippen LogP contribution < -0.4 is 25.0 Å². The molecule has 2 heterocycles. The van der Waals surface area contributed by atoms with Crippen LogP contribution in [-0.4, -0.2) is 56.3 Å². The van der Waals surface area contributed by atoms with Crippen molar-refractivity contribution in [3.8, 4) is 11.5 Å². The third kappa shape index (κ3) is 4.14. The van der Waals surface area contributed by atoms with E-state index in [0.717, 1.165) is 11.6 Å². The number of fused-ring (bicyclic) bond motifs is 1. The van der Waals surface area contributed by atoms with Crippen LogP contribution in [0.15, 0.2) is 24.3 Å². The molecule has 1 aliphatic heterocycles. The Morgan fingerprint density at radius 1 is 1.19 bits per heavy atom. The lowest BCUT2D eigenvalue weighted by atomic mass is 10.1. The number of hydrogen-bond acceptors (Lipinski definition) is 7. The number of benzene rings is 1. The zero-order valence-electron chi connectivity index (χ0n) is 15.2. The van der Waals surface area contributed by atoms with Gasteiger partial charge in [0.2, 0.25) is 0 Å². The lowest BCUT2D eigenvalue weighted by Crippen LogP contribution is -2.30. The van der Waals surface area contributed by atoms with Crippen molar-refractivity contribution in [1.82, 2.24) is 15.3 Å². The molecule has 1 aliphatic rings. The molecule has 0 saturated carbocycles. The molecule has 2 aromatic rings. The fourth-order valence-corrected chi connectivity index (χ4v) is 2.59. The summed E-state index contributed by atoms with van der Waals surface area (Å²) in [6.07, 6.45) is 0. The lowest BCUT2D eigenvalue weighted by Gasteiger charge is -2.20. The average Bonchev–Trinajstić information content (AvgIpc) is 2.64. The first kappa shape index (κ1) is 17.8. The molecule has 1 amide bonds. The van der Waals surface area contributed by atoms with Gasteiger partial charge in [0, 0.05) is 33.3 Å². The zero-order chi connectivity index (χ0) is 18.5. The van der Waals surface area contributed by atoms with E-state index in [9.17, 15) is 4.79 Å². The molecule has 0 spiro atoms. The van der Waals surface area contributed by atoms with E-state index in [0.29, 0.717) is 49.2 Å². The second kappa shape index (κ2) is 7.90. The van der Waals surface area contributed by atoms with Crippen molar-refractivity contribution in [1.29, 1.82) is 0 Å². The van der Waals surface area contributed by atoms with Gasteiger partial charge in [0.25, 0.3) is 5.91 Å². The number of amides is 1. The molecular weight excluding hydrogens is 334 g/mol. The quantitative estimate of drug-likeness (QED) is 0.757. The van der Waals surface area contributed by atoms with E-state index in [2.05, 4.69) is 20.6 Å². The van der Waals surface area contributed by atoms with E-state index in [-0.39, 0.29) is 5.91 Å². The van der Waals surface area contributed by atoms with Crippen LogP contribution in [0.25, 0.3) is 0 Å². The summed E-state index contributed by atoms with van der Waals surface area (Å²) in [6.45, 7) is 3.78. The number of nitrogens with one attached hydrogen (secondary N) is 2. The maximum Gasteiger partial charge on any atom is 0.255 e. The van der Waals surface area contributed by atoms with E-state index < -0.39 is 0 Å². The summed E-state index contributed by atoms with van der Waals surface area (Å²) in [5.74, 6) is 3.17. The molecule has 0 bridgehead atoms. The number of hydrogen-bond donors (Lipinski definition) is 2. The van der Waals surface area contributed by atoms with Crippen LogP contribution in [0.5, 0.6) is 11.5 Å². The Bertz CT molecular complexity index is 794. The van der Waals surface area contributed by atoms with Crippen LogP contribution in [0.2, 0.25) is 0 Å². The Labute approximate surface area is 152 Å². The number of nitrogens with zero attached hydrogens (tertiary/aromatic N) is 3. The number of para-hydroxylation sites is 1. The summed E-state index contributed by atoms with van der Waals surface area (Å²) < 4.78 is 11.1. The molecule has 2 N–H and O–H groups in total. The predicted octanol–water partition coefficient (Wildman–Crippen LogP) is 1.46. The van der Waals surface area contributed by atoms with E-state index >= 15 is 0 Å². The van der Waals surface area contributed by atoms with Crippen molar-refractivity contribution in [2.45, 2.75) is 6.92 Å². The first-order chi connectivity index (χ1) is 12.5. The van der Waals surface area contributed by atoms with E-state index in [1.54, 1.807) is 18.2 Å². The van der Waals surface area contributed by atoms with Crippen molar-refractivity contribution in [3.63, 3.8) is 0 Å². The van der Waals surface area contributed by atoms with E-state index in [1.807, 2.05) is 32.0 Å². The maximum atomic E-state index is 12.4. The largest absolute Gasteiger partial charge is 0.486 e. The summed E-state index contributed by atoms with van der Waals surface area (Å²) >= 11 is 0. The van der Waals surface area contributed by atoms with Gasteiger partial charge in [-0.05, 0) is 19.1 Å². The predicted molar refractivity (Wildman–Crippen MR) is 99.4 cm³/mol. The number of aryl methyl sites for hydroxylation is 1. The van der Waals surface area contributed by atoms with Crippen LogP contribution in [-0.2, 0) is 0 Å². The molecular formula is C18H23N5O3. The first-order valence-corrected chi connectivity index (χ1v) is 8.48. The number of ether oxygens (including phenoxy) is 2. The van der Waals surface area contributed by atoms with Gasteiger partial charge < -0.3 is 25.0 Å². The fourth-order valence-electron chi connectivity index (χ4n) is 2.59. The normalized spacial score (nSPS) is 12.4. The Hall–Kier alpha value is -3.03. The van der Waals surface area contributed by atoms with Crippen LogP contribution in [0.1, 0.15) is 16.2 Å². The summed E-state index contributed by atoms with van der Waals surface area (Å²) in [5, 5.41) is 6.08. The van der Waals surface area contributed by atoms with Gasteiger partial charge in [-0.3, -0.25) is 4.79 Å². The van der Waals surface area contributed by atoms with Gasteiger partial charge in [0.15, 0.2) is 11.5 Å².